The summed E-state index contributed by atoms with van der Waals surface area (Å²) in [4.78, 5) is 25.6. The van der Waals surface area contributed by atoms with Crippen LogP contribution >= 0.6 is 0 Å². The van der Waals surface area contributed by atoms with Gasteiger partial charge in [0.25, 0.3) is 0 Å². The van der Waals surface area contributed by atoms with Gasteiger partial charge in [0.1, 0.15) is 6.10 Å². The molecule has 6 heteroatoms. The second-order valence-corrected chi connectivity index (χ2v) is 15.2. The minimum absolute atomic E-state index is 0.0746. The van der Waals surface area contributed by atoms with Crippen molar-refractivity contribution in [3.63, 3.8) is 0 Å². The number of unbranched alkanes of at least 4 members (excludes halogenated alkanes) is 3. The van der Waals surface area contributed by atoms with Crippen molar-refractivity contribution in [2.75, 3.05) is 0 Å². The van der Waals surface area contributed by atoms with Crippen molar-refractivity contribution in [3.8, 4) is 0 Å². The van der Waals surface area contributed by atoms with E-state index in [2.05, 4.69) is 60.6 Å². The topological polar surface area (TPSA) is 93.1 Å². The SMILES string of the molecule is CCCCC[C@H](O)/C=C/[C@H]1[C@H](O)CC(OC(=O)CC(CC)C(CC)C(CC)C(CC)C(CC)CCC)[C@@H]1C/C=C\CCCC(=O)OC(C)C. The summed E-state index contributed by atoms with van der Waals surface area (Å²) in [7, 11) is 0. The molecule has 0 heterocycles. The largest absolute Gasteiger partial charge is 0.463 e. The molecule has 0 aromatic rings. The molecule has 6 unspecified atom stereocenters. The third-order valence-corrected chi connectivity index (χ3v) is 11.4. The predicted molar refractivity (Wildman–Crippen MR) is 204 cm³/mol. The van der Waals surface area contributed by atoms with Gasteiger partial charge in [0, 0.05) is 31.1 Å². The Labute approximate surface area is 302 Å². The zero-order valence-electron chi connectivity index (χ0n) is 33.2. The van der Waals surface area contributed by atoms with E-state index in [0.29, 0.717) is 56.3 Å². The van der Waals surface area contributed by atoms with Gasteiger partial charge in [0.05, 0.1) is 18.3 Å². The minimum atomic E-state index is -0.634. The molecular formula is C43H78O6. The molecule has 0 aromatic carbocycles. The summed E-state index contributed by atoms with van der Waals surface area (Å²) in [6, 6.07) is 0. The summed E-state index contributed by atoms with van der Waals surface area (Å²) >= 11 is 0. The van der Waals surface area contributed by atoms with Gasteiger partial charge in [0.15, 0.2) is 0 Å². The van der Waals surface area contributed by atoms with E-state index in [1.807, 2.05) is 26.0 Å². The summed E-state index contributed by atoms with van der Waals surface area (Å²) in [5, 5.41) is 21.8. The van der Waals surface area contributed by atoms with E-state index in [1.165, 1.54) is 25.7 Å². The normalized spacial score (nSPS) is 23.5. The molecule has 10 atom stereocenters. The molecule has 1 saturated carbocycles. The van der Waals surface area contributed by atoms with Crippen molar-refractivity contribution >= 4 is 11.9 Å². The number of esters is 2. The molecule has 1 fully saturated rings. The first-order valence-electron chi connectivity index (χ1n) is 20.6. The van der Waals surface area contributed by atoms with Crippen LogP contribution in [-0.2, 0) is 19.1 Å². The highest BCUT2D eigenvalue weighted by atomic mass is 16.5. The monoisotopic (exact) mass is 691 g/mol. The van der Waals surface area contributed by atoms with Crippen LogP contribution < -0.4 is 0 Å². The summed E-state index contributed by atoms with van der Waals surface area (Å²) in [5.74, 6) is 2.17. The van der Waals surface area contributed by atoms with Crippen LogP contribution in [0.1, 0.15) is 171 Å². The number of rotatable bonds is 27. The Morgan fingerprint density at radius 1 is 0.776 bits per heavy atom. The lowest BCUT2D eigenvalue weighted by Gasteiger charge is -2.40. The Morgan fingerprint density at radius 2 is 1.43 bits per heavy atom. The molecule has 0 radical (unpaired) electrons. The Hall–Kier alpha value is -1.66. The second kappa shape index (κ2) is 26.2. The summed E-state index contributed by atoms with van der Waals surface area (Å²) < 4.78 is 11.5. The molecule has 286 valence electrons. The first kappa shape index (κ1) is 45.4. The van der Waals surface area contributed by atoms with Crippen LogP contribution in [0.5, 0.6) is 0 Å². The molecule has 0 amide bonds. The standard InChI is InChI=1S/C43H78O6/c1-10-17-20-24-34(44)27-28-38-39(25-21-18-19-22-26-42(46)48-31(8)9)41(30-40(38)45)49-43(47)29-33(13-4)36(15-6)37(16-7)35(14-5)32(12-3)23-11-2/h18,21,27-28,31-41,44-45H,10-17,19-20,22-26,29-30H2,1-9H3/b21-18-,28-27+/t32?,33?,34-,35?,36?,37?,38+,39+,40+,41?/m0/s1. The fourth-order valence-corrected chi connectivity index (χ4v) is 8.85. The molecule has 0 aliphatic heterocycles. The molecule has 6 nitrogen and oxygen atoms in total. The summed E-state index contributed by atoms with van der Waals surface area (Å²) in [6.45, 7) is 19.7. The zero-order valence-corrected chi connectivity index (χ0v) is 33.2. The highest BCUT2D eigenvalue weighted by molar-refractivity contribution is 5.70. The molecule has 1 aliphatic rings. The molecule has 0 aromatic heterocycles. The zero-order chi connectivity index (χ0) is 36.8. The fourth-order valence-electron chi connectivity index (χ4n) is 8.85. The number of ether oxygens (including phenoxy) is 2. The lowest BCUT2D eigenvalue weighted by molar-refractivity contribution is -0.153. The van der Waals surface area contributed by atoms with Crippen LogP contribution in [0.2, 0.25) is 0 Å². The maximum Gasteiger partial charge on any atom is 0.306 e. The van der Waals surface area contributed by atoms with E-state index in [0.717, 1.165) is 50.9 Å². The molecule has 1 rings (SSSR count). The predicted octanol–water partition coefficient (Wildman–Crippen LogP) is 10.8. The molecule has 0 saturated heterocycles. The highest BCUT2D eigenvalue weighted by Gasteiger charge is 2.43. The summed E-state index contributed by atoms with van der Waals surface area (Å²) in [6.07, 6.45) is 21.6. The number of carbonyl (C=O) groups excluding carboxylic acids is 2. The third-order valence-electron chi connectivity index (χ3n) is 11.4. The molecule has 49 heavy (non-hydrogen) atoms. The minimum Gasteiger partial charge on any atom is -0.463 e. The lowest BCUT2D eigenvalue weighted by atomic mass is 9.65. The quantitative estimate of drug-likeness (QED) is 0.0506. The van der Waals surface area contributed by atoms with Crippen molar-refractivity contribution < 1.29 is 29.3 Å². The van der Waals surface area contributed by atoms with E-state index in [9.17, 15) is 19.8 Å². The molecule has 1 aliphatic carbocycles. The number of allylic oxidation sites excluding steroid dienone is 2. The Bertz CT molecular complexity index is 927. The first-order chi connectivity index (χ1) is 23.5. The Balaban J connectivity index is 3.09. The number of aliphatic hydroxyl groups excluding tert-OH is 2. The van der Waals surface area contributed by atoms with Crippen molar-refractivity contribution in [1.82, 2.24) is 0 Å². The maximum absolute atomic E-state index is 13.7. The maximum atomic E-state index is 13.7. The molecular weight excluding hydrogens is 612 g/mol. The first-order valence-corrected chi connectivity index (χ1v) is 20.6. The Kier molecular flexibility index (Phi) is 24.2. The van der Waals surface area contributed by atoms with Crippen LogP contribution in [0.15, 0.2) is 24.3 Å². The van der Waals surface area contributed by atoms with E-state index < -0.39 is 12.2 Å². The van der Waals surface area contributed by atoms with Gasteiger partial charge in [-0.2, -0.15) is 0 Å². The number of hydrogen-bond donors (Lipinski definition) is 2. The van der Waals surface area contributed by atoms with Crippen LogP contribution in [0.3, 0.4) is 0 Å². The second-order valence-electron chi connectivity index (χ2n) is 15.2. The van der Waals surface area contributed by atoms with Crippen LogP contribution in [0.25, 0.3) is 0 Å². The summed E-state index contributed by atoms with van der Waals surface area (Å²) in [5.41, 5.74) is 0. The van der Waals surface area contributed by atoms with Gasteiger partial charge in [-0.1, -0.05) is 137 Å². The van der Waals surface area contributed by atoms with Gasteiger partial charge in [-0.05, 0) is 69.1 Å². The van der Waals surface area contributed by atoms with Crippen LogP contribution in [0, 0.1) is 41.4 Å². The van der Waals surface area contributed by atoms with Gasteiger partial charge < -0.3 is 19.7 Å². The van der Waals surface area contributed by atoms with Gasteiger partial charge in [0.2, 0.25) is 0 Å². The average Bonchev–Trinajstić information content (AvgIpc) is 3.35. The van der Waals surface area contributed by atoms with Crippen molar-refractivity contribution in [3.05, 3.63) is 24.3 Å². The fraction of sp³-hybridized carbons (Fsp3) is 0.860. The van der Waals surface area contributed by atoms with Crippen molar-refractivity contribution in [1.29, 1.82) is 0 Å². The third kappa shape index (κ3) is 16.5. The lowest BCUT2D eigenvalue weighted by Crippen LogP contribution is -2.34. The average molecular weight is 691 g/mol. The van der Waals surface area contributed by atoms with Crippen molar-refractivity contribution in [2.45, 2.75) is 196 Å². The number of hydrogen-bond acceptors (Lipinski definition) is 6. The molecule has 0 spiro atoms. The van der Waals surface area contributed by atoms with E-state index in [1.54, 1.807) is 0 Å². The molecule has 2 N–H and O–H groups in total. The number of carbonyl (C=O) groups is 2. The van der Waals surface area contributed by atoms with E-state index in [4.69, 9.17) is 9.47 Å². The smallest absolute Gasteiger partial charge is 0.306 e. The van der Waals surface area contributed by atoms with E-state index >= 15 is 0 Å². The van der Waals surface area contributed by atoms with Gasteiger partial charge in [-0.15, -0.1) is 0 Å². The van der Waals surface area contributed by atoms with Crippen molar-refractivity contribution in [2.24, 2.45) is 41.4 Å². The van der Waals surface area contributed by atoms with Gasteiger partial charge >= 0.3 is 11.9 Å². The van der Waals surface area contributed by atoms with Gasteiger partial charge in [-0.25, -0.2) is 0 Å². The highest BCUT2D eigenvalue weighted by Crippen LogP contribution is 2.43. The number of aliphatic hydroxyl groups is 2. The molecule has 0 bridgehead atoms. The van der Waals surface area contributed by atoms with E-state index in [-0.39, 0.29) is 41.9 Å². The van der Waals surface area contributed by atoms with Gasteiger partial charge in [-0.3, -0.25) is 9.59 Å². The van der Waals surface area contributed by atoms with Crippen LogP contribution in [-0.4, -0.2) is 46.6 Å². The Morgan fingerprint density at radius 3 is 2.00 bits per heavy atom. The van der Waals surface area contributed by atoms with Crippen LogP contribution in [0.4, 0.5) is 0 Å².